The predicted octanol–water partition coefficient (Wildman–Crippen LogP) is 5.35. The Morgan fingerprint density at radius 3 is 1.90 bits per heavy atom. The zero-order valence-electron chi connectivity index (χ0n) is 14.2. The van der Waals surface area contributed by atoms with Crippen molar-refractivity contribution in [2.75, 3.05) is 6.61 Å². The van der Waals surface area contributed by atoms with Gasteiger partial charge in [-0.2, -0.15) is 43.5 Å². The molecule has 0 aliphatic heterocycles. The zero-order chi connectivity index (χ0) is 23.2. The number of hydrogen-bond acceptors (Lipinski definition) is 3. The predicted molar refractivity (Wildman–Crippen MR) is 82.9 cm³/mol. The van der Waals surface area contributed by atoms with Crippen molar-refractivity contribution in [3.8, 4) is 0 Å². The van der Waals surface area contributed by atoms with Crippen molar-refractivity contribution in [3.05, 3.63) is 42.5 Å². The van der Waals surface area contributed by atoms with E-state index in [1.807, 2.05) is 0 Å². The van der Waals surface area contributed by atoms with E-state index in [2.05, 4.69) is 4.18 Å². The molecule has 3 nitrogen and oxygen atoms in total. The summed E-state index contributed by atoms with van der Waals surface area (Å²) in [4.78, 5) is -0.801. The van der Waals surface area contributed by atoms with E-state index in [-0.39, 0.29) is 10.8 Å². The van der Waals surface area contributed by atoms with Crippen molar-refractivity contribution >= 4 is 20.9 Å². The Morgan fingerprint density at radius 1 is 0.800 bits per heavy atom. The first-order valence-electron chi connectivity index (χ1n) is 7.65. The topological polar surface area (TPSA) is 43.4 Å². The lowest BCUT2D eigenvalue weighted by molar-refractivity contribution is -0.385. The molecular formula is C16H10F10O3S. The molecule has 0 aliphatic carbocycles. The molecule has 0 fully saturated rings. The van der Waals surface area contributed by atoms with E-state index in [9.17, 15) is 52.3 Å². The van der Waals surface area contributed by atoms with Crippen LogP contribution in [0.1, 0.15) is 0 Å². The molecule has 0 unspecified atom stereocenters. The summed E-state index contributed by atoms with van der Waals surface area (Å²) in [6, 6.07) is 8.73. The van der Waals surface area contributed by atoms with Gasteiger partial charge in [0, 0.05) is 5.39 Å². The molecule has 0 amide bonds. The van der Waals surface area contributed by atoms with Gasteiger partial charge in [0.15, 0.2) is 0 Å². The highest BCUT2D eigenvalue weighted by Crippen LogP contribution is 2.54. The van der Waals surface area contributed by atoms with Gasteiger partial charge in [0.2, 0.25) is 0 Å². The average molecular weight is 472 g/mol. The second kappa shape index (κ2) is 7.55. The van der Waals surface area contributed by atoms with E-state index in [0.717, 1.165) is 12.1 Å². The molecule has 0 atom stereocenters. The van der Waals surface area contributed by atoms with Gasteiger partial charge >= 0.3 is 30.1 Å². The van der Waals surface area contributed by atoms with Gasteiger partial charge in [0.1, 0.15) is 11.5 Å². The molecule has 0 heterocycles. The molecule has 2 rings (SSSR count). The number of alkyl halides is 10. The van der Waals surface area contributed by atoms with Crippen molar-refractivity contribution in [1.82, 2.24) is 0 Å². The minimum absolute atomic E-state index is 0.107. The molecule has 0 N–H and O–H groups in total. The van der Waals surface area contributed by atoms with Crippen LogP contribution in [-0.2, 0) is 14.3 Å². The van der Waals surface area contributed by atoms with Crippen molar-refractivity contribution in [2.24, 2.45) is 0 Å². The van der Waals surface area contributed by atoms with Crippen LogP contribution >= 0.6 is 0 Å². The first-order valence-corrected chi connectivity index (χ1v) is 9.06. The number of hydrogen-bond donors (Lipinski definition) is 0. The smallest absolute Gasteiger partial charge is 0.260 e. The first-order chi connectivity index (χ1) is 13.5. The minimum atomic E-state index is -7.23. The summed E-state index contributed by atoms with van der Waals surface area (Å²) >= 11 is 0. The molecule has 168 valence electrons. The molecule has 14 heteroatoms. The molecule has 0 radical (unpaired) electrons. The van der Waals surface area contributed by atoms with Crippen LogP contribution in [0.4, 0.5) is 43.9 Å². The maximum absolute atomic E-state index is 13.7. The quantitative estimate of drug-likeness (QED) is 0.384. The average Bonchev–Trinajstić information content (AvgIpc) is 2.65. The van der Waals surface area contributed by atoms with Crippen LogP contribution < -0.4 is 0 Å². The minimum Gasteiger partial charge on any atom is -0.260 e. The van der Waals surface area contributed by atoms with Crippen molar-refractivity contribution in [3.63, 3.8) is 0 Å². The molecule has 30 heavy (non-hydrogen) atoms. The Kier molecular flexibility index (Phi) is 6.09. The van der Waals surface area contributed by atoms with Gasteiger partial charge in [0.05, 0.1) is 0 Å². The summed E-state index contributed by atoms with van der Waals surface area (Å²) in [6.07, 6.45) is -5.41. The maximum atomic E-state index is 13.7. The van der Waals surface area contributed by atoms with Gasteiger partial charge in [-0.25, -0.2) is 8.78 Å². The Balaban J connectivity index is 2.37. The van der Waals surface area contributed by atoms with Gasteiger partial charge in [-0.05, 0) is 11.5 Å². The SMILES string of the molecule is O=S(=O)(OCC(F)(F)C(F)(F)C(F)(F)C(F)(F)C(F)F)c1cccc2ccccc12. The molecule has 0 aromatic heterocycles. The standard InChI is InChI=1S/C16H10F10O3S/c17-12(18)14(21,22)16(25,26)15(23,24)13(19,20)8-29-30(27,28)11-7-3-5-9-4-1-2-6-10(9)11/h1-7,12H,8H2. The van der Waals surface area contributed by atoms with Crippen molar-refractivity contribution in [1.29, 1.82) is 0 Å². The second-order valence-corrected chi connectivity index (χ2v) is 7.55. The Labute approximate surface area is 162 Å². The van der Waals surface area contributed by atoms with Crippen LogP contribution in [0, 0.1) is 0 Å². The van der Waals surface area contributed by atoms with Crippen LogP contribution in [0.2, 0.25) is 0 Å². The largest absolute Gasteiger partial charge is 0.384 e. The lowest BCUT2D eigenvalue weighted by atomic mass is 9.99. The number of benzene rings is 2. The third-order valence-electron chi connectivity index (χ3n) is 3.96. The fourth-order valence-corrected chi connectivity index (χ4v) is 3.43. The molecular weight excluding hydrogens is 462 g/mol. The Morgan fingerprint density at radius 2 is 1.33 bits per heavy atom. The Hall–Kier alpha value is -2.09. The number of halogens is 10. The molecule has 0 aliphatic rings. The molecule has 2 aromatic rings. The lowest BCUT2D eigenvalue weighted by Gasteiger charge is -2.36. The van der Waals surface area contributed by atoms with Gasteiger partial charge in [0.25, 0.3) is 10.1 Å². The molecule has 0 saturated heterocycles. The van der Waals surface area contributed by atoms with Crippen LogP contribution in [0.25, 0.3) is 10.8 Å². The van der Waals surface area contributed by atoms with E-state index < -0.39 is 51.7 Å². The molecule has 2 aromatic carbocycles. The first kappa shape index (κ1) is 24.2. The zero-order valence-corrected chi connectivity index (χ0v) is 15.1. The highest BCUT2D eigenvalue weighted by Gasteiger charge is 2.83. The van der Waals surface area contributed by atoms with Gasteiger partial charge < -0.3 is 0 Å². The number of fused-ring (bicyclic) bond motifs is 1. The second-order valence-electron chi connectivity index (χ2n) is 5.97. The summed E-state index contributed by atoms with van der Waals surface area (Å²) in [5.41, 5.74) is 0. The summed E-state index contributed by atoms with van der Waals surface area (Å²) in [6.45, 7) is -3.01. The fraction of sp³-hybridized carbons (Fsp3) is 0.375. The molecule has 0 spiro atoms. The summed E-state index contributed by atoms with van der Waals surface area (Å²) in [5.74, 6) is -27.4. The van der Waals surface area contributed by atoms with E-state index in [1.54, 1.807) is 0 Å². The van der Waals surface area contributed by atoms with Crippen molar-refractivity contribution < 1.29 is 56.5 Å². The van der Waals surface area contributed by atoms with E-state index in [4.69, 9.17) is 0 Å². The number of rotatable bonds is 8. The van der Waals surface area contributed by atoms with Crippen LogP contribution in [0.5, 0.6) is 0 Å². The van der Waals surface area contributed by atoms with Crippen LogP contribution in [0.3, 0.4) is 0 Å². The van der Waals surface area contributed by atoms with Gasteiger partial charge in [-0.1, -0.05) is 36.4 Å². The maximum Gasteiger partial charge on any atom is 0.384 e. The highest BCUT2D eigenvalue weighted by atomic mass is 32.2. The summed E-state index contributed by atoms with van der Waals surface area (Å²) in [7, 11) is -5.27. The van der Waals surface area contributed by atoms with Crippen LogP contribution in [0.15, 0.2) is 47.4 Å². The highest BCUT2D eigenvalue weighted by molar-refractivity contribution is 7.87. The molecule has 0 bridgehead atoms. The van der Waals surface area contributed by atoms with Gasteiger partial charge in [-0.15, -0.1) is 0 Å². The van der Waals surface area contributed by atoms with E-state index in [0.29, 0.717) is 0 Å². The third kappa shape index (κ3) is 3.82. The monoisotopic (exact) mass is 472 g/mol. The van der Waals surface area contributed by atoms with E-state index >= 15 is 0 Å². The lowest BCUT2D eigenvalue weighted by Crippen LogP contribution is -2.65. The van der Waals surface area contributed by atoms with E-state index in [1.165, 1.54) is 30.3 Å². The third-order valence-corrected chi connectivity index (χ3v) is 5.28. The Bertz CT molecular complexity index is 1020. The van der Waals surface area contributed by atoms with Crippen LogP contribution in [-0.4, -0.2) is 45.1 Å². The fourth-order valence-electron chi connectivity index (χ4n) is 2.30. The summed E-state index contributed by atoms with van der Waals surface area (Å²) < 4.78 is 158. The van der Waals surface area contributed by atoms with Crippen molar-refractivity contribution in [2.45, 2.75) is 35.0 Å². The van der Waals surface area contributed by atoms with Gasteiger partial charge in [-0.3, -0.25) is 4.18 Å². The normalized spacial score (nSPS) is 14.5. The summed E-state index contributed by atoms with van der Waals surface area (Å²) in [5, 5.41) is 0.145. The molecule has 0 saturated carbocycles.